The van der Waals surface area contributed by atoms with E-state index in [1.54, 1.807) is 20.8 Å². The zero-order valence-corrected chi connectivity index (χ0v) is 7.60. The van der Waals surface area contributed by atoms with Crippen LogP contribution in [0, 0.1) is 11.3 Å². The Morgan fingerprint density at radius 2 is 2.18 bits per heavy atom. The summed E-state index contributed by atoms with van der Waals surface area (Å²) in [5.41, 5.74) is 0. The number of hydrogen-bond donors (Lipinski definition) is 1. The molecule has 0 rings (SSSR count). The lowest BCUT2D eigenvalue weighted by molar-refractivity contribution is -0.138. The second-order valence-corrected chi connectivity index (χ2v) is 4.67. The first-order valence-electron chi connectivity index (χ1n) is 3.21. The van der Waals surface area contributed by atoms with Crippen molar-refractivity contribution in [1.82, 2.24) is 0 Å². The van der Waals surface area contributed by atoms with Crippen LogP contribution < -0.4 is 0 Å². The van der Waals surface area contributed by atoms with Gasteiger partial charge in [0.25, 0.3) is 0 Å². The molecular weight excluding hydrogens is 162 g/mol. The molecule has 0 aliphatic carbocycles. The summed E-state index contributed by atoms with van der Waals surface area (Å²) in [5, 5.41) is 16.8. The maximum absolute atomic E-state index is 10.5. The molecule has 0 amide bonds. The highest BCUT2D eigenvalue weighted by atomic mass is 32.2. The highest BCUT2D eigenvalue weighted by Crippen LogP contribution is 2.28. The van der Waals surface area contributed by atoms with Crippen LogP contribution in [0.25, 0.3) is 0 Å². The molecule has 0 aromatic carbocycles. The molecular formula is C7H11NO2S. The number of nitrogens with zero attached hydrogens (tertiary/aromatic N) is 1. The SMILES string of the molecule is CC(C#N)SC(C)(C)C(=O)O. The summed E-state index contributed by atoms with van der Waals surface area (Å²) in [7, 11) is 0. The minimum atomic E-state index is -0.885. The summed E-state index contributed by atoms with van der Waals surface area (Å²) in [5.74, 6) is -0.885. The number of aliphatic carboxylic acids is 1. The standard InChI is InChI=1S/C7H11NO2S/c1-5(4-8)11-7(2,3)6(9)10/h5H,1-3H3,(H,9,10). The molecule has 0 bridgehead atoms. The number of carbonyl (C=O) groups is 1. The van der Waals surface area contributed by atoms with Crippen molar-refractivity contribution in [3.05, 3.63) is 0 Å². The van der Waals surface area contributed by atoms with Gasteiger partial charge in [0.2, 0.25) is 0 Å². The second kappa shape index (κ2) is 3.63. The lowest BCUT2D eigenvalue weighted by atomic mass is 10.2. The zero-order valence-electron chi connectivity index (χ0n) is 6.79. The van der Waals surface area contributed by atoms with E-state index in [2.05, 4.69) is 0 Å². The van der Waals surface area contributed by atoms with Crippen LogP contribution in [0.3, 0.4) is 0 Å². The van der Waals surface area contributed by atoms with Gasteiger partial charge in [-0.1, -0.05) is 0 Å². The molecule has 3 nitrogen and oxygen atoms in total. The number of thioether (sulfide) groups is 1. The van der Waals surface area contributed by atoms with E-state index >= 15 is 0 Å². The lowest BCUT2D eigenvalue weighted by Crippen LogP contribution is -2.29. The molecule has 0 spiro atoms. The Kier molecular flexibility index (Phi) is 3.40. The first-order valence-corrected chi connectivity index (χ1v) is 4.09. The third kappa shape index (κ3) is 3.28. The van der Waals surface area contributed by atoms with Crippen molar-refractivity contribution in [2.24, 2.45) is 0 Å². The average molecular weight is 173 g/mol. The summed E-state index contributed by atoms with van der Waals surface area (Å²) in [6.45, 7) is 4.87. The van der Waals surface area contributed by atoms with Gasteiger partial charge in [-0.2, -0.15) is 5.26 Å². The van der Waals surface area contributed by atoms with Crippen molar-refractivity contribution >= 4 is 17.7 Å². The first kappa shape index (κ1) is 10.3. The van der Waals surface area contributed by atoms with Gasteiger partial charge in [-0.25, -0.2) is 0 Å². The van der Waals surface area contributed by atoms with Gasteiger partial charge in [-0.3, -0.25) is 4.79 Å². The summed E-state index contributed by atoms with van der Waals surface area (Å²) >= 11 is 1.15. The maximum atomic E-state index is 10.5. The number of carboxylic acid groups (broad SMARTS) is 1. The van der Waals surface area contributed by atoms with Crippen LogP contribution in [-0.4, -0.2) is 21.1 Å². The summed E-state index contributed by atoms with van der Waals surface area (Å²) in [6, 6.07) is 1.98. The molecule has 0 saturated heterocycles. The number of carboxylic acids is 1. The van der Waals surface area contributed by atoms with Crippen LogP contribution in [0.5, 0.6) is 0 Å². The van der Waals surface area contributed by atoms with Gasteiger partial charge < -0.3 is 5.11 Å². The van der Waals surface area contributed by atoms with Crippen molar-refractivity contribution in [1.29, 1.82) is 5.26 Å². The highest BCUT2D eigenvalue weighted by Gasteiger charge is 2.29. The Morgan fingerprint density at radius 1 is 1.73 bits per heavy atom. The van der Waals surface area contributed by atoms with Gasteiger partial charge >= 0.3 is 5.97 Å². The van der Waals surface area contributed by atoms with Crippen LogP contribution in [0.15, 0.2) is 0 Å². The molecule has 0 aromatic heterocycles. The fourth-order valence-corrected chi connectivity index (χ4v) is 1.56. The van der Waals surface area contributed by atoms with E-state index in [9.17, 15) is 4.79 Å². The predicted molar refractivity (Wildman–Crippen MR) is 44.4 cm³/mol. The molecule has 11 heavy (non-hydrogen) atoms. The van der Waals surface area contributed by atoms with Crippen LogP contribution >= 0.6 is 11.8 Å². The van der Waals surface area contributed by atoms with Crippen LogP contribution in [0.4, 0.5) is 0 Å². The van der Waals surface area contributed by atoms with Crippen molar-refractivity contribution in [2.75, 3.05) is 0 Å². The Bertz CT molecular complexity index is 195. The van der Waals surface area contributed by atoms with E-state index in [-0.39, 0.29) is 5.25 Å². The van der Waals surface area contributed by atoms with Gasteiger partial charge in [0.1, 0.15) is 4.75 Å². The largest absolute Gasteiger partial charge is 0.480 e. The zero-order chi connectivity index (χ0) is 9.07. The van der Waals surface area contributed by atoms with Gasteiger partial charge in [0.05, 0.1) is 11.3 Å². The van der Waals surface area contributed by atoms with Crippen molar-refractivity contribution in [2.45, 2.75) is 30.8 Å². The molecule has 1 unspecified atom stereocenters. The van der Waals surface area contributed by atoms with Gasteiger partial charge in [0, 0.05) is 0 Å². The van der Waals surface area contributed by atoms with Gasteiger partial charge in [-0.15, -0.1) is 11.8 Å². The fraction of sp³-hybridized carbons (Fsp3) is 0.714. The minimum absolute atomic E-state index is 0.277. The molecule has 0 aliphatic rings. The Balaban J connectivity index is 4.15. The molecule has 0 aromatic rings. The number of rotatable bonds is 3. The minimum Gasteiger partial charge on any atom is -0.480 e. The molecule has 0 aliphatic heterocycles. The van der Waals surface area contributed by atoms with E-state index in [1.807, 2.05) is 6.07 Å². The quantitative estimate of drug-likeness (QED) is 0.702. The maximum Gasteiger partial charge on any atom is 0.319 e. The molecule has 0 radical (unpaired) electrons. The Morgan fingerprint density at radius 3 is 2.45 bits per heavy atom. The molecule has 0 heterocycles. The van der Waals surface area contributed by atoms with Crippen molar-refractivity contribution in [3.63, 3.8) is 0 Å². The smallest absolute Gasteiger partial charge is 0.319 e. The monoisotopic (exact) mass is 173 g/mol. The predicted octanol–water partition coefficient (Wildman–Crippen LogP) is 1.49. The average Bonchev–Trinajstić information content (AvgIpc) is 1.86. The van der Waals surface area contributed by atoms with Gasteiger partial charge in [0.15, 0.2) is 0 Å². The number of nitriles is 1. The molecule has 0 saturated carbocycles. The van der Waals surface area contributed by atoms with E-state index in [0.717, 1.165) is 11.8 Å². The normalized spacial score (nSPS) is 13.6. The molecule has 0 fully saturated rings. The molecule has 62 valence electrons. The molecule has 4 heteroatoms. The topological polar surface area (TPSA) is 61.1 Å². The first-order chi connectivity index (χ1) is 4.90. The molecule has 1 N–H and O–H groups in total. The van der Waals surface area contributed by atoms with E-state index in [1.165, 1.54) is 0 Å². The van der Waals surface area contributed by atoms with Crippen LogP contribution in [-0.2, 0) is 4.79 Å². The third-order valence-corrected chi connectivity index (χ3v) is 2.39. The lowest BCUT2D eigenvalue weighted by Gasteiger charge is -2.19. The van der Waals surface area contributed by atoms with E-state index < -0.39 is 10.7 Å². The fourth-order valence-electron chi connectivity index (χ4n) is 0.519. The third-order valence-electron chi connectivity index (χ3n) is 1.17. The van der Waals surface area contributed by atoms with E-state index in [0.29, 0.717) is 0 Å². The Labute approximate surface area is 70.4 Å². The van der Waals surface area contributed by atoms with Crippen molar-refractivity contribution < 1.29 is 9.90 Å². The second-order valence-electron chi connectivity index (χ2n) is 2.70. The summed E-state index contributed by atoms with van der Waals surface area (Å²) < 4.78 is -0.866. The highest BCUT2D eigenvalue weighted by molar-refractivity contribution is 8.02. The Hall–Kier alpha value is -0.690. The van der Waals surface area contributed by atoms with E-state index in [4.69, 9.17) is 10.4 Å². The van der Waals surface area contributed by atoms with Gasteiger partial charge in [-0.05, 0) is 20.8 Å². The number of hydrogen-bond acceptors (Lipinski definition) is 3. The summed E-state index contributed by atoms with van der Waals surface area (Å²) in [4.78, 5) is 10.5. The summed E-state index contributed by atoms with van der Waals surface area (Å²) in [6.07, 6.45) is 0. The van der Waals surface area contributed by atoms with Crippen LogP contribution in [0.2, 0.25) is 0 Å². The molecule has 1 atom stereocenters. The van der Waals surface area contributed by atoms with Crippen molar-refractivity contribution in [3.8, 4) is 6.07 Å². The van der Waals surface area contributed by atoms with Crippen LogP contribution in [0.1, 0.15) is 20.8 Å².